The van der Waals surface area contributed by atoms with E-state index in [1.54, 1.807) is 0 Å². The molecule has 1 N–H and O–H groups in total. The second-order valence-corrected chi connectivity index (χ2v) is 10.7. The predicted octanol–water partition coefficient (Wildman–Crippen LogP) is 3.06. The molecule has 0 aliphatic carbocycles. The zero-order chi connectivity index (χ0) is 22.0. The lowest BCUT2D eigenvalue weighted by molar-refractivity contribution is -0.120. The van der Waals surface area contributed by atoms with Gasteiger partial charge in [-0.2, -0.15) is 4.31 Å². The third-order valence-electron chi connectivity index (χ3n) is 5.72. The van der Waals surface area contributed by atoms with Crippen LogP contribution in [0.3, 0.4) is 0 Å². The molecule has 1 aromatic carbocycles. The van der Waals surface area contributed by atoms with E-state index in [0.717, 1.165) is 37.5 Å². The summed E-state index contributed by atoms with van der Waals surface area (Å²) in [6.07, 6.45) is 3.11. The number of halogens is 2. The number of carbonyl (C=O) groups excluding carboxylic acids is 1. The van der Waals surface area contributed by atoms with E-state index in [2.05, 4.69) is 15.2 Å². The van der Waals surface area contributed by atoms with E-state index in [9.17, 15) is 22.0 Å². The summed E-state index contributed by atoms with van der Waals surface area (Å²) in [6, 6.07) is 2.54. The number of benzene rings is 1. The topological polar surface area (TPSA) is 82.6 Å². The summed E-state index contributed by atoms with van der Waals surface area (Å²) in [4.78, 5) is 19.2. The van der Waals surface area contributed by atoms with Crippen molar-refractivity contribution < 1.29 is 22.0 Å². The van der Waals surface area contributed by atoms with Gasteiger partial charge in [0.2, 0.25) is 15.9 Å². The summed E-state index contributed by atoms with van der Waals surface area (Å²) < 4.78 is 53.1. The first-order chi connectivity index (χ1) is 14.8. The third kappa shape index (κ3) is 5.11. The van der Waals surface area contributed by atoms with Gasteiger partial charge in [-0.05, 0) is 57.0 Å². The fourth-order valence-corrected chi connectivity index (χ4v) is 6.15. The van der Waals surface area contributed by atoms with Gasteiger partial charge in [-0.15, -0.1) is 11.3 Å². The lowest BCUT2D eigenvalue weighted by Crippen LogP contribution is -2.41. The number of amides is 1. The molecular formula is C20H24F2N4O3S2. The van der Waals surface area contributed by atoms with Crippen molar-refractivity contribution in [1.82, 2.24) is 14.2 Å². The average Bonchev–Trinajstić information content (AvgIpc) is 3.42. The van der Waals surface area contributed by atoms with Crippen molar-refractivity contribution in [2.75, 3.05) is 31.5 Å². The van der Waals surface area contributed by atoms with E-state index in [1.807, 2.05) is 5.38 Å². The van der Waals surface area contributed by atoms with Crippen LogP contribution in [-0.2, 0) is 21.4 Å². The van der Waals surface area contributed by atoms with Gasteiger partial charge in [-0.3, -0.25) is 9.69 Å². The lowest BCUT2D eigenvalue weighted by Gasteiger charge is -2.30. The standard InChI is InChI=1S/C20H24F2N4O3S2/c21-17-4-3-16(11-18(17)22)31(28,29)26-9-5-14(6-10-26)19(27)24-20-23-15(13-30-20)12-25-7-1-2-8-25/h3-4,11,13-14H,1-2,5-10,12H2,(H,23,24,27). The fraction of sp³-hybridized carbons (Fsp3) is 0.500. The molecule has 3 heterocycles. The van der Waals surface area contributed by atoms with Crippen LogP contribution >= 0.6 is 11.3 Å². The van der Waals surface area contributed by atoms with E-state index >= 15 is 0 Å². The monoisotopic (exact) mass is 470 g/mol. The molecule has 1 amide bonds. The van der Waals surface area contributed by atoms with Gasteiger partial charge in [0.25, 0.3) is 0 Å². The number of sulfonamides is 1. The fourth-order valence-electron chi connectivity index (χ4n) is 3.96. The van der Waals surface area contributed by atoms with Crippen LogP contribution < -0.4 is 5.32 Å². The van der Waals surface area contributed by atoms with E-state index in [0.29, 0.717) is 24.0 Å². The number of piperidine rings is 1. The Hall–Kier alpha value is -1.95. The molecule has 2 aliphatic rings. The van der Waals surface area contributed by atoms with Crippen molar-refractivity contribution in [3.05, 3.63) is 40.9 Å². The van der Waals surface area contributed by atoms with Crippen LogP contribution in [0.2, 0.25) is 0 Å². The molecule has 2 aliphatic heterocycles. The van der Waals surface area contributed by atoms with Crippen molar-refractivity contribution in [2.45, 2.75) is 37.1 Å². The Morgan fingerprint density at radius 1 is 1.13 bits per heavy atom. The molecule has 4 rings (SSSR count). The van der Waals surface area contributed by atoms with Crippen molar-refractivity contribution in [2.24, 2.45) is 5.92 Å². The number of anilines is 1. The Labute approximate surface area is 184 Å². The maximum absolute atomic E-state index is 13.4. The SMILES string of the molecule is O=C(Nc1nc(CN2CCCC2)cs1)C1CCN(S(=O)(=O)c2ccc(F)c(F)c2)CC1. The molecule has 7 nitrogen and oxygen atoms in total. The van der Waals surface area contributed by atoms with Crippen molar-refractivity contribution >= 4 is 32.4 Å². The maximum atomic E-state index is 13.4. The highest BCUT2D eigenvalue weighted by atomic mass is 32.2. The summed E-state index contributed by atoms with van der Waals surface area (Å²) in [5, 5.41) is 5.35. The summed E-state index contributed by atoms with van der Waals surface area (Å²) in [5.41, 5.74) is 0.939. The molecule has 31 heavy (non-hydrogen) atoms. The summed E-state index contributed by atoms with van der Waals surface area (Å²) in [6.45, 7) is 3.21. The molecule has 2 aromatic rings. The maximum Gasteiger partial charge on any atom is 0.243 e. The normalized spacial score (nSPS) is 19.0. The van der Waals surface area contributed by atoms with E-state index in [4.69, 9.17) is 0 Å². The number of nitrogens with zero attached hydrogens (tertiary/aromatic N) is 3. The van der Waals surface area contributed by atoms with E-state index < -0.39 is 21.7 Å². The Morgan fingerprint density at radius 2 is 1.84 bits per heavy atom. The van der Waals surface area contributed by atoms with Gasteiger partial charge < -0.3 is 5.32 Å². The van der Waals surface area contributed by atoms with Crippen LogP contribution in [0.5, 0.6) is 0 Å². The summed E-state index contributed by atoms with van der Waals surface area (Å²) >= 11 is 1.39. The minimum absolute atomic E-state index is 0.136. The largest absolute Gasteiger partial charge is 0.302 e. The van der Waals surface area contributed by atoms with Gasteiger partial charge in [-0.25, -0.2) is 22.2 Å². The molecule has 168 valence electrons. The molecule has 0 bridgehead atoms. The Bertz CT molecular complexity index is 1050. The summed E-state index contributed by atoms with van der Waals surface area (Å²) in [5.74, 6) is -2.81. The highest BCUT2D eigenvalue weighted by molar-refractivity contribution is 7.89. The highest BCUT2D eigenvalue weighted by Gasteiger charge is 2.32. The summed E-state index contributed by atoms with van der Waals surface area (Å²) in [7, 11) is -3.94. The number of hydrogen-bond acceptors (Lipinski definition) is 6. The van der Waals surface area contributed by atoms with Gasteiger partial charge in [0.15, 0.2) is 16.8 Å². The second-order valence-electron chi connectivity index (χ2n) is 7.87. The zero-order valence-corrected chi connectivity index (χ0v) is 18.5. The van der Waals surface area contributed by atoms with Gasteiger partial charge in [0.1, 0.15) is 0 Å². The predicted molar refractivity (Wildman–Crippen MR) is 113 cm³/mol. The third-order valence-corrected chi connectivity index (χ3v) is 8.42. The molecule has 0 spiro atoms. The molecule has 0 saturated carbocycles. The molecule has 1 aromatic heterocycles. The number of rotatable bonds is 6. The number of aromatic nitrogens is 1. The van der Waals surface area contributed by atoms with Crippen LogP contribution in [0.1, 0.15) is 31.4 Å². The first kappa shape index (κ1) is 22.3. The minimum atomic E-state index is -3.94. The zero-order valence-electron chi connectivity index (χ0n) is 16.9. The lowest BCUT2D eigenvalue weighted by atomic mass is 9.97. The van der Waals surface area contributed by atoms with Gasteiger partial charge in [0, 0.05) is 30.9 Å². The minimum Gasteiger partial charge on any atom is -0.302 e. The van der Waals surface area contributed by atoms with Crippen LogP contribution in [-0.4, -0.2) is 54.7 Å². The van der Waals surface area contributed by atoms with E-state index in [-0.39, 0.29) is 29.8 Å². The Kier molecular flexibility index (Phi) is 6.65. The van der Waals surface area contributed by atoms with Crippen LogP contribution in [0, 0.1) is 17.6 Å². The van der Waals surface area contributed by atoms with Gasteiger partial charge >= 0.3 is 0 Å². The van der Waals surface area contributed by atoms with E-state index in [1.165, 1.54) is 28.5 Å². The number of hydrogen-bond donors (Lipinski definition) is 1. The Morgan fingerprint density at radius 3 is 2.52 bits per heavy atom. The first-order valence-electron chi connectivity index (χ1n) is 10.3. The molecule has 11 heteroatoms. The number of nitrogens with one attached hydrogen (secondary N) is 1. The van der Waals surface area contributed by atoms with Crippen molar-refractivity contribution in [3.63, 3.8) is 0 Å². The van der Waals surface area contributed by atoms with Crippen LogP contribution in [0.25, 0.3) is 0 Å². The highest BCUT2D eigenvalue weighted by Crippen LogP contribution is 2.26. The molecule has 0 unspecified atom stereocenters. The smallest absolute Gasteiger partial charge is 0.243 e. The first-order valence-corrected chi connectivity index (χ1v) is 12.6. The average molecular weight is 471 g/mol. The van der Waals surface area contributed by atoms with Crippen molar-refractivity contribution in [3.8, 4) is 0 Å². The molecule has 2 saturated heterocycles. The molecule has 0 atom stereocenters. The Balaban J connectivity index is 1.31. The van der Waals surface area contributed by atoms with Gasteiger partial charge in [-0.1, -0.05) is 0 Å². The number of thiazole rings is 1. The van der Waals surface area contributed by atoms with Crippen LogP contribution in [0.4, 0.5) is 13.9 Å². The van der Waals surface area contributed by atoms with Crippen LogP contribution in [0.15, 0.2) is 28.5 Å². The molecule has 2 fully saturated rings. The van der Waals surface area contributed by atoms with Crippen molar-refractivity contribution in [1.29, 1.82) is 0 Å². The number of carbonyl (C=O) groups is 1. The quantitative estimate of drug-likeness (QED) is 0.702. The second kappa shape index (κ2) is 9.27. The number of likely N-dealkylation sites (tertiary alicyclic amines) is 1. The molecular weight excluding hydrogens is 446 g/mol. The van der Waals surface area contributed by atoms with Gasteiger partial charge in [0.05, 0.1) is 10.6 Å². The molecule has 0 radical (unpaired) electrons.